The van der Waals surface area contributed by atoms with E-state index in [9.17, 15) is 9.59 Å². The summed E-state index contributed by atoms with van der Waals surface area (Å²) < 4.78 is 4.81. The van der Waals surface area contributed by atoms with Crippen LogP contribution >= 0.6 is 0 Å². The Bertz CT molecular complexity index is 312. The highest BCUT2D eigenvalue weighted by molar-refractivity contribution is 5.69. The van der Waals surface area contributed by atoms with Crippen molar-refractivity contribution in [1.82, 2.24) is 14.7 Å². The van der Waals surface area contributed by atoms with Crippen molar-refractivity contribution < 1.29 is 19.4 Å². The molecule has 0 radical (unpaired) electrons. The molecule has 7 nitrogen and oxygen atoms in total. The fourth-order valence-electron chi connectivity index (χ4n) is 2.29. The predicted octanol–water partition coefficient (Wildman–Crippen LogP) is -0.470. The Morgan fingerprint density at radius 2 is 1.70 bits per heavy atom. The van der Waals surface area contributed by atoms with Gasteiger partial charge >= 0.3 is 5.97 Å². The molecular formula is C13H25N3O4. The SMILES string of the molecule is CC(C)N1CCN(COC=O)CCN(CC(=O)O)CC1. The summed E-state index contributed by atoms with van der Waals surface area (Å²) in [7, 11) is 0. The van der Waals surface area contributed by atoms with Crippen molar-refractivity contribution in [2.45, 2.75) is 19.9 Å². The van der Waals surface area contributed by atoms with Gasteiger partial charge in [0.1, 0.15) is 6.73 Å². The number of nitrogens with zero attached hydrogens (tertiary/aromatic N) is 3. The second-order valence-electron chi connectivity index (χ2n) is 5.31. The third kappa shape index (κ3) is 6.31. The fourth-order valence-corrected chi connectivity index (χ4v) is 2.29. The van der Waals surface area contributed by atoms with E-state index in [4.69, 9.17) is 9.84 Å². The van der Waals surface area contributed by atoms with Crippen molar-refractivity contribution in [1.29, 1.82) is 0 Å². The van der Waals surface area contributed by atoms with Gasteiger partial charge in [-0.1, -0.05) is 0 Å². The summed E-state index contributed by atoms with van der Waals surface area (Å²) in [5.74, 6) is -0.809. The van der Waals surface area contributed by atoms with Gasteiger partial charge in [0.2, 0.25) is 0 Å². The maximum absolute atomic E-state index is 10.9. The minimum absolute atomic E-state index is 0.0499. The number of ether oxygens (including phenoxy) is 1. The summed E-state index contributed by atoms with van der Waals surface area (Å²) in [6, 6.07) is 0.411. The average molecular weight is 287 g/mol. The summed E-state index contributed by atoms with van der Waals surface area (Å²) in [4.78, 5) is 27.5. The van der Waals surface area contributed by atoms with Crippen LogP contribution in [0.4, 0.5) is 0 Å². The Hall–Kier alpha value is -1.18. The Balaban J connectivity index is 2.62. The van der Waals surface area contributed by atoms with Crippen LogP contribution in [0.3, 0.4) is 0 Å². The minimum Gasteiger partial charge on any atom is -0.480 e. The van der Waals surface area contributed by atoms with E-state index in [1.54, 1.807) is 0 Å². The first kappa shape index (κ1) is 16.9. The summed E-state index contributed by atoms with van der Waals surface area (Å²) in [6.45, 7) is 9.69. The van der Waals surface area contributed by atoms with Gasteiger partial charge in [0.05, 0.1) is 6.54 Å². The van der Waals surface area contributed by atoms with Crippen LogP contribution in [0.15, 0.2) is 0 Å². The number of carbonyl (C=O) groups is 2. The normalized spacial score (nSPS) is 20.1. The number of carbonyl (C=O) groups excluding carboxylic acids is 1. The molecule has 0 atom stereocenters. The van der Waals surface area contributed by atoms with Crippen molar-refractivity contribution in [3.05, 3.63) is 0 Å². The molecule has 0 bridgehead atoms. The van der Waals surface area contributed by atoms with Gasteiger partial charge < -0.3 is 9.84 Å². The molecule has 7 heteroatoms. The molecular weight excluding hydrogens is 262 g/mol. The quantitative estimate of drug-likeness (QED) is 0.662. The van der Waals surface area contributed by atoms with Crippen molar-refractivity contribution in [2.75, 3.05) is 52.5 Å². The lowest BCUT2D eigenvalue weighted by Gasteiger charge is -2.28. The standard InChI is InChI=1S/C13H25N3O4/c1-12(2)16-7-5-14(9-13(18)19)3-4-15(6-8-16)10-20-11-17/h11-12H,3-10H2,1-2H3,(H,18,19). The van der Waals surface area contributed by atoms with Crippen LogP contribution in [0.2, 0.25) is 0 Å². The lowest BCUT2D eigenvalue weighted by atomic mass is 10.3. The first-order chi connectivity index (χ1) is 9.52. The Kier molecular flexibility index (Phi) is 7.50. The maximum Gasteiger partial charge on any atom is 0.317 e. The van der Waals surface area contributed by atoms with Gasteiger partial charge in [-0.3, -0.25) is 24.3 Å². The lowest BCUT2D eigenvalue weighted by molar-refractivity contribution is -0.138. The average Bonchev–Trinajstić information content (AvgIpc) is 2.47. The van der Waals surface area contributed by atoms with E-state index in [2.05, 4.69) is 18.7 Å². The molecule has 0 saturated carbocycles. The zero-order valence-corrected chi connectivity index (χ0v) is 12.3. The number of rotatable bonds is 6. The van der Waals surface area contributed by atoms with Crippen molar-refractivity contribution in [2.24, 2.45) is 0 Å². The van der Waals surface area contributed by atoms with Crippen LogP contribution < -0.4 is 0 Å². The highest BCUT2D eigenvalue weighted by Crippen LogP contribution is 2.04. The number of hydrogen-bond donors (Lipinski definition) is 1. The van der Waals surface area contributed by atoms with Gasteiger partial charge in [-0.25, -0.2) is 0 Å². The zero-order chi connectivity index (χ0) is 15.0. The zero-order valence-electron chi connectivity index (χ0n) is 12.3. The van der Waals surface area contributed by atoms with Crippen molar-refractivity contribution in [3.8, 4) is 0 Å². The van der Waals surface area contributed by atoms with E-state index in [1.165, 1.54) is 0 Å². The molecule has 1 rings (SSSR count). The Morgan fingerprint density at radius 3 is 2.25 bits per heavy atom. The van der Waals surface area contributed by atoms with Gasteiger partial charge in [0.15, 0.2) is 0 Å². The highest BCUT2D eigenvalue weighted by Gasteiger charge is 2.19. The largest absolute Gasteiger partial charge is 0.480 e. The van der Waals surface area contributed by atoms with Crippen LogP contribution in [0.25, 0.3) is 0 Å². The summed E-state index contributed by atoms with van der Waals surface area (Å²) >= 11 is 0. The molecule has 0 aromatic heterocycles. The van der Waals surface area contributed by atoms with E-state index in [0.717, 1.165) is 26.2 Å². The predicted molar refractivity (Wildman–Crippen MR) is 74.4 cm³/mol. The number of aliphatic carboxylic acids is 1. The molecule has 1 aliphatic rings. The second kappa shape index (κ2) is 8.89. The first-order valence-corrected chi connectivity index (χ1v) is 6.98. The van der Waals surface area contributed by atoms with E-state index in [0.29, 0.717) is 25.6 Å². The molecule has 116 valence electrons. The molecule has 0 unspecified atom stereocenters. The highest BCUT2D eigenvalue weighted by atomic mass is 16.5. The molecule has 1 aliphatic heterocycles. The summed E-state index contributed by atoms with van der Waals surface area (Å²) in [5, 5.41) is 8.94. The van der Waals surface area contributed by atoms with Gasteiger partial charge in [-0.15, -0.1) is 0 Å². The van der Waals surface area contributed by atoms with Gasteiger partial charge in [-0.05, 0) is 13.8 Å². The molecule has 0 aromatic rings. The van der Waals surface area contributed by atoms with Crippen LogP contribution in [0.5, 0.6) is 0 Å². The van der Waals surface area contributed by atoms with E-state index < -0.39 is 5.97 Å². The molecule has 0 spiro atoms. The van der Waals surface area contributed by atoms with E-state index >= 15 is 0 Å². The summed E-state index contributed by atoms with van der Waals surface area (Å²) in [6.07, 6.45) is 0. The number of carboxylic acids is 1. The van der Waals surface area contributed by atoms with Gasteiger partial charge in [0.25, 0.3) is 6.47 Å². The molecule has 0 aromatic carbocycles. The minimum atomic E-state index is -0.809. The summed E-state index contributed by atoms with van der Waals surface area (Å²) in [5.41, 5.74) is 0. The third-order valence-electron chi connectivity index (χ3n) is 3.55. The molecule has 0 aliphatic carbocycles. The van der Waals surface area contributed by atoms with Crippen LogP contribution in [0.1, 0.15) is 13.8 Å². The van der Waals surface area contributed by atoms with Gasteiger partial charge in [0, 0.05) is 45.3 Å². The van der Waals surface area contributed by atoms with Crippen LogP contribution in [-0.2, 0) is 14.3 Å². The molecule has 20 heavy (non-hydrogen) atoms. The molecule has 1 fully saturated rings. The lowest BCUT2D eigenvalue weighted by Crippen LogP contribution is -2.41. The van der Waals surface area contributed by atoms with Crippen LogP contribution in [-0.4, -0.2) is 90.8 Å². The van der Waals surface area contributed by atoms with E-state index in [1.807, 2.05) is 9.80 Å². The topological polar surface area (TPSA) is 73.3 Å². The second-order valence-corrected chi connectivity index (χ2v) is 5.31. The van der Waals surface area contributed by atoms with Crippen molar-refractivity contribution in [3.63, 3.8) is 0 Å². The Morgan fingerprint density at radius 1 is 1.15 bits per heavy atom. The Labute approximate surface area is 120 Å². The smallest absolute Gasteiger partial charge is 0.317 e. The number of carboxylic acid groups (broad SMARTS) is 1. The molecule has 0 amide bonds. The molecule has 1 saturated heterocycles. The first-order valence-electron chi connectivity index (χ1n) is 6.98. The fraction of sp³-hybridized carbons (Fsp3) is 0.846. The maximum atomic E-state index is 10.9. The van der Waals surface area contributed by atoms with Gasteiger partial charge in [-0.2, -0.15) is 0 Å². The van der Waals surface area contributed by atoms with E-state index in [-0.39, 0.29) is 13.3 Å². The van der Waals surface area contributed by atoms with Crippen LogP contribution in [0, 0.1) is 0 Å². The van der Waals surface area contributed by atoms with Crippen molar-refractivity contribution >= 4 is 12.4 Å². The molecule has 1 N–H and O–H groups in total. The third-order valence-corrected chi connectivity index (χ3v) is 3.55. The monoisotopic (exact) mass is 287 g/mol. The molecule has 1 heterocycles. The number of hydrogen-bond acceptors (Lipinski definition) is 6.